The van der Waals surface area contributed by atoms with Crippen LogP contribution in [0.2, 0.25) is 0 Å². The van der Waals surface area contributed by atoms with Gasteiger partial charge in [0.25, 0.3) is 11.1 Å². The Morgan fingerprint density at radius 1 is 1.02 bits per heavy atom. The molecule has 1 N–H and O–H groups in total. The summed E-state index contributed by atoms with van der Waals surface area (Å²) in [6.07, 6.45) is 9.62. The van der Waals surface area contributed by atoms with E-state index in [-0.39, 0.29) is 12.0 Å². The molecule has 0 atom stereocenters. The lowest BCUT2D eigenvalue weighted by molar-refractivity contribution is -0.127. The zero-order chi connectivity index (χ0) is 28.8. The van der Waals surface area contributed by atoms with Crippen LogP contribution in [0.5, 0.6) is 5.75 Å². The van der Waals surface area contributed by atoms with Gasteiger partial charge in [-0.05, 0) is 121 Å². The van der Waals surface area contributed by atoms with Crippen molar-refractivity contribution in [3.63, 3.8) is 0 Å². The molecule has 0 aromatic heterocycles. The number of carbonyl (C=O) groups is 3. The van der Waals surface area contributed by atoms with E-state index in [1.807, 2.05) is 30.3 Å². The van der Waals surface area contributed by atoms with Crippen molar-refractivity contribution in [2.24, 2.45) is 17.8 Å². The summed E-state index contributed by atoms with van der Waals surface area (Å²) in [5.74, 6) is 2.28. The van der Waals surface area contributed by atoms with Crippen LogP contribution in [0.1, 0.15) is 49.7 Å². The summed E-state index contributed by atoms with van der Waals surface area (Å²) in [6, 6.07) is 13.9. The summed E-state index contributed by atoms with van der Waals surface area (Å²) >= 11 is 0.874. The number of carbonyl (C=O) groups excluding carboxylic acids is 3. The van der Waals surface area contributed by atoms with Crippen LogP contribution in [0.25, 0.3) is 6.08 Å². The molecule has 6 aliphatic rings. The van der Waals surface area contributed by atoms with Gasteiger partial charge in [-0.1, -0.05) is 6.07 Å². The normalized spacial score (nSPS) is 29.5. The molecule has 3 amide bonds. The highest BCUT2D eigenvalue weighted by Gasteiger charge is 2.51. The van der Waals surface area contributed by atoms with Crippen molar-refractivity contribution in [3.8, 4) is 5.75 Å². The van der Waals surface area contributed by atoms with Gasteiger partial charge < -0.3 is 19.7 Å². The van der Waals surface area contributed by atoms with Crippen molar-refractivity contribution in [1.82, 2.24) is 4.90 Å². The van der Waals surface area contributed by atoms with Crippen LogP contribution in [0.15, 0.2) is 47.4 Å². The molecule has 4 bridgehead atoms. The van der Waals surface area contributed by atoms with E-state index in [1.54, 1.807) is 13.2 Å². The molecule has 4 aliphatic carbocycles. The van der Waals surface area contributed by atoms with E-state index in [2.05, 4.69) is 22.3 Å². The first-order valence-corrected chi connectivity index (χ1v) is 15.9. The quantitative estimate of drug-likeness (QED) is 0.418. The monoisotopic (exact) mass is 587 g/mol. The Bertz CT molecular complexity index is 1400. The van der Waals surface area contributed by atoms with Crippen LogP contribution in [0, 0.1) is 17.8 Å². The third-order valence-electron chi connectivity index (χ3n) is 9.87. The van der Waals surface area contributed by atoms with Crippen molar-refractivity contribution in [2.75, 3.05) is 50.2 Å². The summed E-state index contributed by atoms with van der Waals surface area (Å²) in [7, 11) is 1.63. The highest BCUT2D eigenvalue weighted by atomic mass is 32.2. The smallest absolute Gasteiger partial charge is 0.294 e. The number of thioether (sulfide) groups is 1. The molecule has 2 aromatic carbocycles. The third kappa shape index (κ3) is 5.22. The molecule has 2 heterocycles. The number of rotatable bonds is 7. The van der Waals surface area contributed by atoms with E-state index in [0.29, 0.717) is 29.6 Å². The number of imide groups is 1. The number of benzene rings is 2. The summed E-state index contributed by atoms with van der Waals surface area (Å²) < 4.78 is 11.1. The number of anilines is 2. The van der Waals surface area contributed by atoms with E-state index >= 15 is 0 Å². The first-order chi connectivity index (χ1) is 20.4. The second-order valence-corrected chi connectivity index (χ2v) is 13.6. The Kier molecular flexibility index (Phi) is 7.26. The zero-order valence-electron chi connectivity index (χ0n) is 24.0. The zero-order valence-corrected chi connectivity index (χ0v) is 24.8. The maximum absolute atomic E-state index is 13.3. The molecular formula is C33H37N3O5S. The topological polar surface area (TPSA) is 88.2 Å². The summed E-state index contributed by atoms with van der Waals surface area (Å²) in [4.78, 5) is 42.5. The summed E-state index contributed by atoms with van der Waals surface area (Å²) in [6.45, 7) is 2.72. The molecule has 8 rings (SSSR count). The Labute approximate surface area is 250 Å². The lowest BCUT2D eigenvalue weighted by atomic mass is 9.48. The molecule has 2 aliphatic heterocycles. The Morgan fingerprint density at radius 3 is 2.33 bits per heavy atom. The molecule has 9 heteroatoms. The molecular weight excluding hydrogens is 550 g/mol. The van der Waals surface area contributed by atoms with Gasteiger partial charge in [0.05, 0.1) is 25.2 Å². The number of nitrogens with one attached hydrogen (secondary N) is 1. The maximum Gasteiger partial charge on any atom is 0.294 e. The fraction of sp³-hybridized carbons (Fsp3) is 0.485. The van der Waals surface area contributed by atoms with Crippen molar-refractivity contribution in [1.29, 1.82) is 0 Å². The van der Waals surface area contributed by atoms with Crippen LogP contribution in [-0.2, 0) is 19.7 Å². The molecule has 0 radical (unpaired) electrons. The van der Waals surface area contributed by atoms with Crippen molar-refractivity contribution in [3.05, 3.63) is 58.5 Å². The number of hydrogen-bond acceptors (Lipinski definition) is 7. The Balaban J connectivity index is 1.04. The van der Waals surface area contributed by atoms with Gasteiger partial charge in [0.2, 0.25) is 5.91 Å². The van der Waals surface area contributed by atoms with E-state index in [0.717, 1.165) is 58.8 Å². The van der Waals surface area contributed by atoms with Gasteiger partial charge >= 0.3 is 0 Å². The predicted octanol–water partition coefficient (Wildman–Crippen LogP) is 5.67. The average Bonchev–Trinajstić information content (AvgIpc) is 3.24. The number of methoxy groups -OCH3 is 1. The van der Waals surface area contributed by atoms with Crippen LogP contribution < -0.4 is 15.0 Å². The second kappa shape index (κ2) is 11.1. The number of amides is 3. The van der Waals surface area contributed by atoms with Crippen LogP contribution in [0.3, 0.4) is 0 Å². The molecule has 0 unspecified atom stereocenters. The van der Waals surface area contributed by atoms with E-state index in [4.69, 9.17) is 9.47 Å². The van der Waals surface area contributed by atoms with E-state index < -0.39 is 17.1 Å². The van der Waals surface area contributed by atoms with Crippen molar-refractivity contribution >= 4 is 46.3 Å². The lowest BCUT2D eigenvalue weighted by Crippen LogP contribution is -2.48. The largest absolute Gasteiger partial charge is 0.496 e. The number of hydrogen-bond donors (Lipinski definition) is 1. The van der Waals surface area contributed by atoms with Crippen LogP contribution >= 0.6 is 11.8 Å². The van der Waals surface area contributed by atoms with Crippen LogP contribution in [0.4, 0.5) is 16.2 Å². The molecule has 4 saturated carbocycles. The number of ether oxygens (including phenoxy) is 2. The van der Waals surface area contributed by atoms with Gasteiger partial charge in [-0.15, -0.1) is 0 Å². The summed E-state index contributed by atoms with van der Waals surface area (Å²) in [5.41, 5.74) is 4.02. The SMILES string of the molecule is COc1ccc(C23CC4CC(CC(C4)C2)C3)cc1/C=C1/SC(=O)N(CC(=O)Nc2ccc(N3CCOCC3)cc2)C1=O. The summed E-state index contributed by atoms with van der Waals surface area (Å²) in [5, 5.41) is 2.37. The minimum absolute atomic E-state index is 0.210. The van der Waals surface area contributed by atoms with Gasteiger partial charge in [0, 0.05) is 30.0 Å². The fourth-order valence-electron chi connectivity index (χ4n) is 8.34. The highest BCUT2D eigenvalue weighted by Crippen LogP contribution is 2.61. The van der Waals surface area contributed by atoms with Gasteiger partial charge in [-0.25, -0.2) is 0 Å². The molecule has 42 heavy (non-hydrogen) atoms. The van der Waals surface area contributed by atoms with E-state index in [1.165, 1.54) is 44.1 Å². The first-order valence-electron chi connectivity index (χ1n) is 15.1. The molecule has 6 fully saturated rings. The van der Waals surface area contributed by atoms with Crippen LogP contribution in [-0.4, -0.2) is 61.9 Å². The lowest BCUT2D eigenvalue weighted by Gasteiger charge is -2.57. The van der Waals surface area contributed by atoms with Gasteiger partial charge in [-0.2, -0.15) is 0 Å². The van der Waals surface area contributed by atoms with Crippen molar-refractivity contribution < 1.29 is 23.9 Å². The fourth-order valence-corrected chi connectivity index (χ4v) is 9.17. The second-order valence-electron chi connectivity index (χ2n) is 12.6. The van der Waals surface area contributed by atoms with Crippen molar-refractivity contribution in [2.45, 2.75) is 43.9 Å². The number of morpholine rings is 1. The maximum atomic E-state index is 13.3. The standard InChI is InChI=1S/C33H37N3O5S/c1-40-28-7-2-25(33-17-21-12-22(18-33)14-23(13-21)19-33)15-24(28)16-29-31(38)36(32(39)42-29)20-30(37)34-26-3-5-27(6-4-26)35-8-10-41-11-9-35/h2-7,15-16,21-23H,8-14,17-20H2,1H3,(H,34,37)/b29-16+. The van der Waals surface area contributed by atoms with Gasteiger partial charge in [-0.3, -0.25) is 19.3 Å². The Hall–Kier alpha value is -3.30. The number of nitrogens with zero attached hydrogens (tertiary/aromatic N) is 2. The molecule has 8 nitrogen and oxygen atoms in total. The Morgan fingerprint density at radius 2 is 1.69 bits per heavy atom. The average molecular weight is 588 g/mol. The minimum atomic E-state index is -0.454. The molecule has 220 valence electrons. The highest BCUT2D eigenvalue weighted by molar-refractivity contribution is 8.18. The van der Waals surface area contributed by atoms with Gasteiger partial charge in [0.15, 0.2) is 0 Å². The molecule has 0 spiro atoms. The minimum Gasteiger partial charge on any atom is -0.496 e. The predicted molar refractivity (Wildman–Crippen MR) is 164 cm³/mol. The molecule has 2 aromatic rings. The third-order valence-corrected chi connectivity index (χ3v) is 10.8. The van der Waals surface area contributed by atoms with E-state index in [9.17, 15) is 14.4 Å². The molecule has 2 saturated heterocycles. The first kappa shape index (κ1) is 27.5. The van der Waals surface area contributed by atoms with Gasteiger partial charge in [0.1, 0.15) is 12.3 Å².